The molecule has 5 nitrogen and oxygen atoms in total. The Kier molecular flexibility index (Phi) is 2.92. The van der Waals surface area contributed by atoms with Crippen LogP contribution in [-0.2, 0) is 0 Å². The number of hydrogen-bond donors (Lipinski definition) is 1. The summed E-state index contributed by atoms with van der Waals surface area (Å²) >= 11 is 1.52. The smallest absolute Gasteiger partial charge is 0.269 e. The number of nitrogens with one attached hydrogen (secondary N) is 1. The summed E-state index contributed by atoms with van der Waals surface area (Å²) in [5, 5.41) is 3.43. The van der Waals surface area contributed by atoms with Crippen molar-refractivity contribution in [2.45, 2.75) is 0 Å². The van der Waals surface area contributed by atoms with Gasteiger partial charge in [-0.05, 0) is 18.2 Å². The molecule has 3 rings (SSSR count). The molecule has 3 heterocycles. The molecule has 1 N–H and O–H groups in total. The van der Waals surface area contributed by atoms with Crippen molar-refractivity contribution in [1.82, 2.24) is 20.3 Å². The van der Waals surface area contributed by atoms with Crippen molar-refractivity contribution in [3.63, 3.8) is 0 Å². The maximum atomic E-state index is 11.5. The Morgan fingerprint density at radius 3 is 3.00 bits per heavy atom. The average molecular weight is 270 g/mol. The summed E-state index contributed by atoms with van der Waals surface area (Å²) in [4.78, 5) is 24.2. The lowest BCUT2D eigenvalue weighted by atomic mass is 10.3. The second kappa shape index (κ2) is 4.74. The van der Waals surface area contributed by atoms with Gasteiger partial charge < -0.3 is 5.32 Å². The molecule has 0 saturated carbocycles. The van der Waals surface area contributed by atoms with Gasteiger partial charge in [0.15, 0.2) is 0 Å². The SMILES string of the molecule is CNC(=O)c1cc2sc(-c3cccnc3)nc2cn1. The van der Waals surface area contributed by atoms with Crippen LogP contribution in [0, 0.1) is 0 Å². The minimum absolute atomic E-state index is 0.196. The molecule has 0 spiro atoms. The zero-order valence-electron chi connectivity index (χ0n) is 10.1. The van der Waals surface area contributed by atoms with E-state index >= 15 is 0 Å². The van der Waals surface area contributed by atoms with E-state index in [9.17, 15) is 4.79 Å². The average Bonchev–Trinajstić information content (AvgIpc) is 2.90. The Morgan fingerprint density at radius 2 is 2.26 bits per heavy atom. The second-order valence-electron chi connectivity index (χ2n) is 3.88. The number of nitrogens with zero attached hydrogens (tertiary/aromatic N) is 3. The fourth-order valence-corrected chi connectivity index (χ4v) is 2.66. The summed E-state index contributed by atoms with van der Waals surface area (Å²) in [6.07, 6.45) is 5.11. The van der Waals surface area contributed by atoms with Gasteiger partial charge in [-0.2, -0.15) is 0 Å². The van der Waals surface area contributed by atoms with E-state index in [1.807, 2.05) is 12.1 Å². The molecule has 0 bridgehead atoms. The highest BCUT2D eigenvalue weighted by Crippen LogP contribution is 2.29. The molecule has 19 heavy (non-hydrogen) atoms. The Morgan fingerprint density at radius 1 is 1.37 bits per heavy atom. The Balaban J connectivity index is 2.09. The first kappa shape index (κ1) is 11.7. The first-order valence-corrected chi connectivity index (χ1v) is 6.48. The first-order chi connectivity index (χ1) is 9.28. The molecule has 1 amide bonds. The zero-order valence-corrected chi connectivity index (χ0v) is 10.9. The highest BCUT2D eigenvalue weighted by molar-refractivity contribution is 7.21. The van der Waals surface area contributed by atoms with E-state index in [0.717, 1.165) is 20.8 Å². The lowest BCUT2D eigenvalue weighted by molar-refractivity contribution is 0.0958. The van der Waals surface area contributed by atoms with Crippen LogP contribution in [0.5, 0.6) is 0 Å². The number of rotatable bonds is 2. The second-order valence-corrected chi connectivity index (χ2v) is 4.91. The normalized spacial score (nSPS) is 10.6. The van der Waals surface area contributed by atoms with Crippen LogP contribution in [0.4, 0.5) is 0 Å². The van der Waals surface area contributed by atoms with E-state index in [1.54, 1.807) is 31.7 Å². The summed E-state index contributed by atoms with van der Waals surface area (Å²) in [6.45, 7) is 0. The molecule has 0 aliphatic rings. The molecule has 0 aromatic carbocycles. The predicted octanol–water partition coefficient (Wildman–Crippen LogP) is 2.11. The van der Waals surface area contributed by atoms with Gasteiger partial charge in [-0.3, -0.25) is 9.78 Å². The molecule has 0 aliphatic heterocycles. The van der Waals surface area contributed by atoms with Crippen molar-refractivity contribution in [1.29, 1.82) is 0 Å². The van der Waals surface area contributed by atoms with Gasteiger partial charge in [-0.25, -0.2) is 9.97 Å². The summed E-state index contributed by atoms with van der Waals surface area (Å²) in [5.41, 5.74) is 2.15. The molecular formula is C13H10N4OS. The monoisotopic (exact) mass is 270 g/mol. The number of thiazole rings is 1. The predicted molar refractivity (Wildman–Crippen MR) is 74.0 cm³/mol. The number of aromatic nitrogens is 3. The number of carbonyl (C=O) groups excluding carboxylic acids is 1. The van der Waals surface area contributed by atoms with E-state index < -0.39 is 0 Å². The molecule has 94 valence electrons. The highest BCUT2D eigenvalue weighted by Gasteiger charge is 2.10. The maximum Gasteiger partial charge on any atom is 0.269 e. The van der Waals surface area contributed by atoms with Crippen LogP contribution in [0.25, 0.3) is 20.8 Å². The Labute approximate surface area is 113 Å². The van der Waals surface area contributed by atoms with Gasteiger partial charge >= 0.3 is 0 Å². The number of hydrogen-bond acceptors (Lipinski definition) is 5. The van der Waals surface area contributed by atoms with Gasteiger partial charge in [-0.15, -0.1) is 11.3 Å². The molecular weight excluding hydrogens is 260 g/mol. The number of amides is 1. The molecule has 0 fully saturated rings. The number of fused-ring (bicyclic) bond motifs is 1. The summed E-state index contributed by atoms with van der Waals surface area (Å²) in [5.74, 6) is -0.196. The fourth-order valence-electron chi connectivity index (χ4n) is 1.70. The van der Waals surface area contributed by atoms with Crippen molar-refractivity contribution in [2.75, 3.05) is 7.05 Å². The zero-order chi connectivity index (χ0) is 13.2. The molecule has 0 unspecified atom stereocenters. The van der Waals surface area contributed by atoms with E-state index in [1.165, 1.54) is 11.3 Å². The molecule has 3 aromatic rings. The molecule has 0 saturated heterocycles. The molecule has 0 aliphatic carbocycles. The Hall–Kier alpha value is -2.34. The van der Waals surface area contributed by atoms with Gasteiger partial charge in [-0.1, -0.05) is 0 Å². The molecule has 3 aromatic heterocycles. The third-order valence-corrected chi connectivity index (χ3v) is 3.71. The molecule has 6 heteroatoms. The topological polar surface area (TPSA) is 67.8 Å². The van der Waals surface area contributed by atoms with Gasteiger partial charge in [0.05, 0.1) is 10.9 Å². The van der Waals surface area contributed by atoms with Crippen LogP contribution in [0.1, 0.15) is 10.5 Å². The van der Waals surface area contributed by atoms with Crippen LogP contribution >= 0.6 is 11.3 Å². The van der Waals surface area contributed by atoms with E-state index in [4.69, 9.17) is 0 Å². The summed E-state index contributed by atoms with van der Waals surface area (Å²) < 4.78 is 0.937. The highest BCUT2D eigenvalue weighted by atomic mass is 32.1. The molecule has 0 atom stereocenters. The number of pyridine rings is 2. The van der Waals surface area contributed by atoms with Crippen molar-refractivity contribution >= 4 is 27.5 Å². The minimum atomic E-state index is -0.196. The van der Waals surface area contributed by atoms with E-state index in [2.05, 4.69) is 20.3 Å². The first-order valence-electron chi connectivity index (χ1n) is 5.67. The fraction of sp³-hybridized carbons (Fsp3) is 0.0769. The van der Waals surface area contributed by atoms with E-state index in [0.29, 0.717) is 5.69 Å². The van der Waals surface area contributed by atoms with Crippen LogP contribution in [0.3, 0.4) is 0 Å². The van der Waals surface area contributed by atoms with E-state index in [-0.39, 0.29) is 5.91 Å². The Bertz CT molecular complexity index is 739. The van der Waals surface area contributed by atoms with Gasteiger partial charge in [0.2, 0.25) is 0 Å². The standard InChI is InChI=1S/C13H10N4OS/c1-14-12(18)9-5-11-10(7-16-9)17-13(19-11)8-3-2-4-15-6-8/h2-7H,1H3,(H,14,18). The lowest BCUT2D eigenvalue weighted by Gasteiger charge is -1.96. The van der Waals surface area contributed by atoms with Crippen molar-refractivity contribution in [3.8, 4) is 10.6 Å². The third kappa shape index (κ3) is 2.17. The maximum absolute atomic E-state index is 11.5. The van der Waals surface area contributed by atoms with Crippen molar-refractivity contribution in [3.05, 3.63) is 42.5 Å². The van der Waals surface area contributed by atoms with Crippen molar-refractivity contribution < 1.29 is 4.79 Å². The van der Waals surface area contributed by atoms with Gasteiger partial charge in [0, 0.05) is 25.0 Å². The largest absolute Gasteiger partial charge is 0.354 e. The summed E-state index contributed by atoms with van der Waals surface area (Å²) in [7, 11) is 1.59. The minimum Gasteiger partial charge on any atom is -0.354 e. The van der Waals surface area contributed by atoms with Gasteiger partial charge in [0.1, 0.15) is 16.2 Å². The molecule has 0 radical (unpaired) electrons. The third-order valence-electron chi connectivity index (χ3n) is 2.64. The lowest BCUT2D eigenvalue weighted by Crippen LogP contribution is -2.18. The van der Waals surface area contributed by atoms with Crippen LogP contribution in [0.15, 0.2) is 36.8 Å². The van der Waals surface area contributed by atoms with Crippen LogP contribution in [-0.4, -0.2) is 27.9 Å². The van der Waals surface area contributed by atoms with Crippen LogP contribution in [0.2, 0.25) is 0 Å². The van der Waals surface area contributed by atoms with Gasteiger partial charge in [0.25, 0.3) is 5.91 Å². The quantitative estimate of drug-likeness (QED) is 0.774. The summed E-state index contributed by atoms with van der Waals surface area (Å²) in [6, 6.07) is 5.58. The van der Waals surface area contributed by atoms with Crippen molar-refractivity contribution in [2.24, 2.45) is 0 Å². The van der Waals surface area contributed by atoms with Crippen LogP contribution < -0.4 is 5.32 Å². The number of carbonyl (C=O) groups is 1.